The van der Waals surface area contributed by atoms with E-state index in [1.54, 1.807) is 37.3 Å². The van der Waals surface area contributed by atoms with Gasteiger partial charge in [-0.05, 0) is 72.6 Å². The molecule has 0 radical (unpaired) electrons. The van der Waals surface area contributed by atoms with Crippen molar-refractivity contribution in [2.24, 2.45) is 5.73 Å². The summed E-state index contributed by atoms with van der Waals surface area (Å²) in [5, 5.41) is 9.70. The van der Waals surface area contributed by atoms with Gasteiger partial charge < -0.3 is 20.1 Å². The molecule has 0 unspecified atom stereocenters. The molecule has 1 aliphatic rings. The molecule has 234 valence electrons. The minimum atomic E-state index is -4.45. The summed E-state index contributed by atoms with van der Waals surface area (Å²) in [6.07, 6.45) is -4.27. The Kier molecular flexibility index (Phi) is 10.2. The lowest BCUT2D eigenvalue weighted by Crippen LogP contribution is -2.34. The van der Waals surface area contributed by atoms with Crippen LogP contribution in [0.3, 0.4) is 0 Å². The Balaban J connectivity index is 1.67. The van der Waals surface area contributed by atoms with Crippen LogP contribution in [-0.4, -0.2) is 52.0 Å². The zero-order valence-electron chi connectivity index (χ0n) is 24.4. The Hall–Kier alpha value is -4.08. The molecule has 3 aromatic carbocycles. The number of rotatable bonds is 12. The summed E-state index contributed by atoms with van der Waals surface area (Å²) in [5.74, 6) is -0.986. The second kappa shape index (κ2) is 13.7. The van der Waals surface area contributed by atoms with Gasteiger partial charge in [-0.15, -0.1) is 0 Å². The Labute approximate surface area is 255 Å². The van der Waals surface area contributed by atoms with E-state index in [1.807, 2.05) is 6.92 Å². The average molecular weight is 630 g/mol. The number of primary amides is 1. The van der Waals surface area contributed by atoms with Gasteiger partial charge in [0.1, 0.15) is 11.9 Å². The number of alkyl halides is 3. The molecule has 1 amide bonds. The van der Waals surface area contributed by atoms with Gasteiger partial charge in [-0.25, -0.2) is 8.42 Å². The van der Waals surface area contributed by atoms with Crippen molar-refractivity contribution in [3.8, 4) is 11.8 Å². The van der Waals surface area contributed by atoms with E-state index in [4.69, 9.17) is 15.2 Å². The third-order valence-corrected chi connectivity index (χ3v) is 9.45. The van der Waals surface area contributed by atoms with Gasteiger partial charge in [0.25, 0.3) is 0 Å². The van der Waals surface area contributed by atoms with Crippen LogP contribution >= 0.6 is 0 Å². The zero-order valence-corrected chi connectivity index (χ0v) is 25.2. The summed E-state index contributed by atoms with van der Waals surface area (Å²) in [6, 6.07) is 18.0. The number of nitrogens with zero attached hydrogens (tertiary/aromatic N) is 2. The van der Waals surface area contributed by atoms with Gasteiger partial charge in [-0.3, -0.25) is 4.79 Å². The maximum atomic E-state index is 13.0. The van der Waals surface area contributed by atoms with Crippen LogP contribution in [0.5, 0.6) is 5.75 Å². The molecule has 2 N–H and O–H groups in total. The second-order valence-corrected chi connectivity index (χ2v) is 12.8. The van der Waals surface area contributed by atoms with Crippen LogP contribution in [0.25, 0.3) is 0 Å². The summed E-state index contributed by atoms with van der Waals surface area (Å²) in [5.41, 5.74) is 7.11. The van der Waals surface area contributed by atoms with Crippen molar-refractivity contribution in [1.29, 1.82) is 5.26 Å². The zero-order chi connectivity index (χ0) is 32.1. The quantitative estimate of drug-likeness (QED) is 0.272. The van der Waals surface area contributed by atoms with Crippen molar-refractivity contribution in [3.05, 3.63) is 89.0 Å². The van der Waals surface area contributed by atoms with E-state index in [0.717, 1.165) is 17.8 Å². The number of hydrogen-bond donors (Lipinski definition) is 1. The van der Waals surface area contributed by atoms with E-state index in [-0.39, 0.29) is 34.8 Å². The van der Waals surface area contributed by atoms with Crippen LogP contribution in [0, 0.1) is 11.3 Å². The largest absolute Gasteiger partial charge is 0.489 e. The molecular formula is C32H34F3N3O5S. The molecule has 0 bridgehead atoms. The Morgan fingerprint density at radius 1 is 1.09 bits per heavy atom. The van der Waals surface area contributed by atoms with Crippen molar-refractivity contribution in [2.45, 2.75) is 55.8 Å². The van der Waals surface area contributed by atoms with Crippen molar-refractivity contribution in [3.63, 3.8) is 0 Å². The van der Waals surface area contributed by atoms with E-state index in [9.17, 15) is 31.6 Å². The molecule has 8 nitrogen and oxygen atoms in total. The highest BCUT2D eigenvalue weighted by atomic mass is 32.2. The number of hydrogen-bond acceptors (Lipinski definition) is 7. The predicted octanol–water partition coefficient (Wildman–Crippen LogP) is 5.71. The maximum absolute atomic E-state index is 13.0. The first-order valence-electron chi connectivity index (χ1n) is 14.2. The van der Waals surface area contributed by atoms with Crippen molar-refractivity contribution in [1.82, 2.24) is 0 Å². The van der Waals surface area contributed by atoms with E-state index < -0.39 is 33.4 Å². The summed E-state index contributed by atoms with van der Waals surface area (Å²) < 4.78 is 75.5. The molecule has 4 rings (SSSR count). The molecule has 12 heteroatoms. The number of ether oxygens (including phenoxy) is 2. The fraction of sp³-hybridized carbons (Fsp3) is 0.375. The lowest BCUT2D eigenvalue weighted by atomic mass is 9.85. The molecule has 1 heterocycles. The van der Waals surface area contributed by atoms with Crippen LogP contribution in [-0.2, 0) is 20.8 Å². The van der Waals surface area contributed by atoms with Crippen LogP contribution < -0.4 is 15.4 Å². The normalized spacial score (nSPS) is 17.7. The molecule has 0 spiro atoms. The first-order valence-corrected chi connectivity index (χ1v) is 15.8. The molecule has 3 aromatic rings. The molecule has 0 aliphatic carbocycles. The number of anilines is 1. The minimum absolute atomic E-state index is 0.00559. The van der Waals surface area contributed by atoms with Gasteiger partial charge in [0.2, 0.25) is 5.91 Å². The molecule has 0 saturated carbocycles. The Bertz CT molecular complexity index is 1600. The first-order chi connectivity index (χ1) is 20.9. The summed E-state index contributed by atoms with van der Waals surface area (Å²) >= 11 is 0. The number of amides is 1. The molecule has 44 heavy (non-hydrogen) atoms. The third kappa shape index (κ3) is 7.52. The Morgan fingerprint density at radius 3 is 2.34 bits per heavy atom. The highest BCUT2D eigenvalue weighted by Gasteiger charge is 2.35. The fourth-order valence-corrected chi connectivity index (χ4v) is 6.30. The van der Waals surface area contributed by atoms with E-state index >= 15 is 0 Å². The lowest BCUT2D eigenvalue weighted by Gasteiger charge is -2.28. The minimum Gasteiger partial charge on any atom is -0.489 e. The first kappa shape index (κ1) is 32.8. The number of nitrogens with two attached hydrogens (primary N) is 1. The monoisotopic (exact) mass is 629 g/mol. The number of benzene rings is 3. The standard InChI is InChI=1S/C32H34F3N3O5S/c1-3-42-20-24-17-26(43-25-10-7-22(8-11-25)32(33,34)35)19-38(24)23-9-14-29(31(37)39)30(18-23)28(15-16-36)21-5-12-27(13-6-21)44(40,41)4-2/h5-14,18,24,26,28H,3-4,15,17,19-20H2,1-2H3,(H2,37,39)/t24-,26-,28+/m0/s1. The smallest absolute Gasteiger partial charge is 0.416 e. The van der Waals surface area contributed by atoms with Crippen molar-refractivity contribution < 1.29 is 35.9 Å². The predicted molar refractivity (Wildman–Crippen MR) is 159 cm³/mol. The van der Waals surface area contributed by atoms with Crippen LogP contribution in [0.2, 0.25) is 0 Å². The number of carbonyl (C=O) groups excluding carboxylic acids is 1. The van der Waals surface area contributed by atoms with Crippen LogP contribution in [0.1, 0.15) is 59.7 Å². The van der Waals surface area contributed by atoms with Crippen LogP contribution in [0.15, 0.2) is 71.6 Å². The van der Waals surface area contributed by atoms with Gasteiger partial charge in [-0.1, -0.05) is 19.1 Å². The molecular weight excluding hydrogens is 595 g/mol. The van der Waals surface area contributed by atoms with Gasteiger partial charge >= 0.3 is 6.18 Å². The second-order valence-electron chi connectivity index (χ2n) is 10.5. The topological polar surface area (TPSA) is 123 Å². The number of nitriles is 1. The number of sulfone groups is 1. The molecule has 1 saturated heterocycles. The highest BCUT2D eigenvalue weighted by molar-refractivity contribution is 7.91. The molecule has 0 aromatic heterocycles. The highest BCUT2D eigenvalue weighted by Crippen LogP contribution is 2.37. The van der Waals surface area contributed by atoms with E-state index in [1.165, 1.54) is 24.3 Å². The number of halogens is 3. The molecule has 1 fully saturated rings. The van der Waals surface area contributed by atoms with Gasteiger partial charge in [0.05, 0.1) is 41.5 Å². The van der Waals surface area contributed by atoms with Gasteiger partial charge in [0, 0.05) is 36.6 Å². The number of carbonyl (C=O) groups is 1. The van der Waals surface area contributed by atoms with Crippen molar-refractivity contribution in [2.75, 3.05) is 30.4 Å². The summed E-state index contributed by atoms with van der Waals surface area (Å²) in [7, 11) is -3.43. The van der Waals surface area contributed by atoms with Crippen molar-refractivity contribution >= 4 is 21.4 Å². The molecule has 1 aliphatic heterocycles. The van der Waals surface area contributed by atoms with E-state index in [0.29, 0.717) is 43.1 Å². The summed E-state index contributed by atoms with van der Waals surface area (Å²) in [4.78, 5) is 14.7. The molecule has 3 atom stereocenters. The van der Waals surface area contributed by atoms with Gasteiger partial charge in [-0.2, -0.15) is 18.4 Å². The fourth-order valence-electron chi connectivity index (χ4n) is 5.42. The van der Waals surface area contributed by atoms with Gasteiger partial charge in [0.15, 0.2) is 9.84 Å². The average Bonchev–Trinajstić information content (AvgIpc) is 3.40. The third-order valence-electron chi connectivity index (χ3n) is 7.70. The maximum Gasteiger partial charge on any atom is 0.416 e. The van der Waals surface area contributed by atoms with E-state index in [2.05, 4.69) is 11.0 Å². The lowest BCUT2D eigenvalue weighted by molar-refractivity contribution is -0.137. The Morgan fingerprint density at radius 2 is 1.77 bits per heavy atom. The SMILES string of the molecule is CCOC[C@@H]1C[C@H](Oc2ccc(C(F)(F)F)cc2)CN1c1ccc(C(N)=O)c([C@H](CC#N)c2ccc(S(=O)(=O)CC)cc2)c1. The van der Waals surface area contributed by atoms with Crippen LogP contribution in [0.4, 0.5) is 18.9 Å². The summed E-state index contributed by atoms with van der Waals surface area (Å²) in [6.45, 7) is 4.67.